The van der Waals surface area contributed by atoms with Crippen molar-refractivity contribution in [3.8, 4) is 0 Å². The van der Waals surface area contributed by atoms with Crippen LogP contribution in [0.15, 0.2) is 18.2 Å². The highest BCUT2D eigenvalue weighted by molar-refractivity contribution is 5.95. The van der Waals surface area contributed by atoms with Crippen molar-refractivity contribution in [2.75, 3.05) is 11.9 Å². The van der Waals surface area contributed by atoms with Crippen LogP contribution in [-0.2, 0) is 4.79 Å². The molecule has 0 radical (unpaired) electrons. The third-order valence-corrected chi connectivity index (χ3v) is 3.40. The summed E-state index contributed by atoms with van der Waals surface area (Å²) in [6.07, 6.45) is 1.66. The molecular formula is C13H16FN3O3. The maximum Gasteiger partial charge on any atom is 0.271 e. The maximum atomic E-state index is 13.6. The number of hydrogen-bond acceptors (Lipinski definition) is 4. The van der Waals surface area contributed by atoms with E-state index in [1.807, 2.05) is 0 Å². The number of nitrogens with one attached hydrogen (secondary N) is 2. The third kappa shape index (κ3) is 3.30. The minimum Gasteiger partial charge on any atom is -0.322 e. The SMILES string of the molecule is CC1CCNC(C(=O)Nc2cc([N+](=O)[O-])ccc2F)C1. The molecule has 2 rings (SSSR count). The smallest absolute Gasteiger partial charge is 0.271 e. The van der Waals surface area contributed by atoms with Crippen molar-refractivity contribution < 1.29 is 14.1 Å². The van der Waals surface area contributed by atoms with Gasteiger partial charge in [0.05, 0.1) is 16.7 Å². The second-order valence-electron chi connectivity index (χ2n) is 5.05. The van der Waals surface area contributed by atoms with Crippen molar-refractivity contribution in [3.63, 3.8) is 0 Å². The van der Waals surface area contributed by atoms with E-state index in [4.69, 9.17) is 0 Å². The molecule has 0 bridgehead atoms. The highest BCUT2D eigenvalue weighted by atomic mass is 19.1. The first-order valence-electron chi connectivity index (χ1n) is 6.45. The Labute approximate surface area is 115 Å². The first-order valence-corrected chi connectivity index (χ1v) is 6.45. The number of amides is 1. The lowest BCUT2D eigenvalue weighted by molar-refractivity contribution is -0.384. The van der Waals surface area contributed by atoms with Gasteiger partial charge in [-0.05, 0) is 31.4 Å². The summed E-state index contributed by atoms with van der Waals surface area (Å²) in [4.78, 5) is 22.1. The molecule has 2 unspecified atom stereocenters. The van der Waals surface area contributed by atoms with Gasteiger partial charge in [-0.15, -0.1) is 0 Å². The van der Waals surface area contributed by atoms with Crippen molar-refractivity contribution in [1.29, 1.82) is 0 Å². The van der Waals surface area contributed by atoms with Gasteiger partial charge in [0, 0.05) is 12.1 Å². The number of carbonyl (C=O) groups is 1. The Morgan fingerprint density at radius 3 is 2.95 bits per heavy atom. The number of nitro groups is 1. The monoisotopic (exact) mass is 281 g/mol. The van der Waals surface area contributed by atoms with E-state index in [1.165, 1.54) is 0 Å². The van der Waals surface area contributed by atoms with Gasteiger partial charge < -0.3 is 10.6 Å². The van der Waals surface area contributed by atoms with Crippen molar-refractivity contribution in [1.82, 2.24) is 5.32 Å². The quantitative estimate of drug-likeness (QED) is 0.656. The number of nitrogens with zero attached hydrogens (tertiary/aromatic N) is 1. The van der Waals surface area contributed by atoms with E-state index in [-0.39, 0.29) is 17.3 Å². The number of piperidine rings is 1. The van der Waals surface area contributed by atoms with Crippen molar-refractivity contribution in [2.24, 2.45) is 5.92 Å². The normalized spacial score (nSPS) is 22.3. The number of hydrogen-bond donors (Lipinski definition) is 2. The molecule has 108 valence electrons. The molecule has 7 heteroatoms. The van der Waals surface area contributed by atoms with Crippen molar-refractivity contribution in [3.05, 3.63) is 34.1 Å². The number of rotatable bonds is 3. The van der Waals surface area contributed by atoms with Gasteiger partial charge in [-0.1, -0.05) is 6.92 Å². The minimum absolute atomic E-state index is 0.163. The fourth-order valence-corrected chi connectivity index (χ4v) is 2.25. The molecule has 0 aromatic heterocycles. The van der Waals surface area contributed by atoms with E-state index in [0.717, 1.165) is 31.2 Å². The predicted molar refractivity (Wildman–Crippen MR) is 71.9 cm³/mol. The van der Waals surface area contributed by atoms with Crippen molar-refractivity contribution >= 4 is 17.3 Å². The molecule has 1 aromatic carbocycles. The van der Waals surface area contributed by atoms with Crippen LogP contribution < -0.4 is 10.6 Å². The Hall–Kier alpha value is -2.02. The summed E-state index contributed by atoms with van der Waals surface area (Å²) in [5, 5.41) is 16.1. The molecule has 20 heavy (non-hydrogen) atoms. The number of non-ortho nitro benzene ring substituents is 1. The van der Waals surface area contributed by atoms with Crippen molar-refractivity contribution in [2.45, 2.75) is 25.8 Å². The molecule has 1 aromatic rings. The minimum atomic E-state index is -0.687. The van der Waals surface area contributed by atoms with Crippen LogP contribution in [0, 0.1) is 21.8 Å². The Balaban J connectivity index is 2.10. The fourth-order valence-electron chi connectivity index (χ4n) is 2.25. The molecular weight excluding hydrogens is 265 g/mol. The van der Waals surface area contributed by atoms with Crippen LogP contribution in [0.2, 0.25) is 0 Å². The summed E-state index contributed by atoms with van der Waals surface area (Å²) in [7, 11) is 0. The first kappa shape index (κ1) is 14.4. The van der Waals surface area contributed by atoms with Crippen LogP contribution in [0.3, 0.4) is 0 Å². The second kappa shape index (κ2) is 5.96. The van der Waals surface area contributed by atoms with Crippen LogP contribution in [0.1, 0.15) is 19.8 Å². The van der Waals surface area contributed by atoms with Gasteiger partial charge in [-0.3, -0.25) is 14.9 Å². The Bertz CT molecular complexity index is 536. The zero-order valence-corrected chi connectivity index (χ0v) is 11.1. The average molecular weight is 281 g/mol. The summed E-state index contributed by atoms with van der Waals surface area (Å²) >= 11 is 0. The standard InChI is InChI=1S/C13H16FN3O3/c1-8-4-5-15-12(6-8)13(18)16-11-7-9(17(19)20)2-3-10(11)14/h2-3,7-8,12,15H,4-6H2,1H3,(H,16,18). The predicted octanol–water partition coefficient (Wildman–Crippen LogP) is 2.06. The molecule has 0 spiro atoms. The molecule has 1 heterocycles. The van der Waals surface area contributed by atoms with E-state index in [0.29, 0.717) is 12.3 Å². The molecule has 1 amide bonds. The van der Waals surface area contributed by atoms with Crippen LogP contribution in [-0.4, -0.2) is 23.4 Å². The summed E-state index contributed by atoms with van der Waals surface area (Å²) in [6.45, 7) is 2.78. The largest absolute Gasteiger partial charge is 0.322 e. The number of anilines is 1. The van der Waals surface area contributed by atoms with Gasteiger partial charge >= 0.3 is 0 Å². The van der Waals surface area contributed by atoms with Crippen LogP contribution >= 0.6 is 0 Å². The summed E-state index contributed by atoms with van der Waals surface area (Å²) < 4.78 is 13.6. The lowest BCUT2D eigenvalue weighted by Gasteiger charge is -2.27. The van der Waals surface area contributed by atoms with Gasteiger partial charge in [-0.2, -0.15) is 0 Å². The highest BCUT2D eigenvalue weighted by Crippen LogP contribution is 2.22. The fraction of sp³-hybridized carbons (Fsp3) is 0.462. The summed E-state index contributed by atoms with van der Waals surface area (Å²) in [6, 6.07) is 2.67. The molecule has 2 N–H and O–H groups in total. The van der Waals surface area contributed by atoms with Gasteiger partial charge in [0.2, 0.25) is 5.91 Å². The molecule has 1 aliphatic rings. The molecule has 1 saturated heterocycles. The number of benzene rings is 1. The van der Waals surface area contributed by atoms with E-state index in [2.05, 4.69) is 17.6 Å². The van der Waals surface area contributed by atoms with Crippen LogP contribution in [0.5, 0.6) is 0 Å². The zero-order valence-electron chi connectivity index (χ0n) is 11.1. The van der Waals surface area contributed by atoms with E-state index < -0.39 is 16.8 Å². The van der Waals surface area contributed by atoms with E-state index in [9.17, 15) is 19.3 Å². The number of halogens is 1. The molecule has 1 fully saturated rings. The molecule has 0 saturated carbocycles. The van der Waals surface area contributed by atoms with Gasteiger partial charge in [0.15, 0.2) is 0 Å². The lowest BCUT2D eigenvalue weighted by Crippen LogP contribution is -2.45. The van der Waals surface area contributed by atoms with Gasteiger partial charge in [0.25, 0.3) is 5.69 Å². The Kier molecular flexibility index (Phi) is 4.29. The van der Waals surface area contributed by atoms with Gasteiger partial charge in [0.1, 0.15) is 5.82 Å². The summed E-state index contributed by atoms with van der Waals surface area (Å²) in [5.41, 5.74) is -0.420. The highest BCUT2D eigenvalue weighted by Gasteiger charge is 2.25. The molecule has 6 nitrogen and oxygen atoms in total. The zero-order chi connectivity index (χ0) is 14.7. The second-order valence-corrected chi connectivity index (χ2v) is 5.05. The molecule has 2 atom stereocenters. The maximum absolute atomic E-state index is 13.6. The topological polar surface area (TPSA) is 84.3 Å². The van der Waals surface area contributed by atoms with E-state index >= 15 is 0 Å². The van der Waals surface area contributed by atoms with E-state index in [1.54, 1.807) is 0 Å². The molecule has 0 aliphatic carbocycles. The lowest BCUT2D eigenvalue weighted by atomic mass is 9.94. The number of carbonyl (C=O) groups excluding carboxylic acids is 1. The third-order valence-electron chi connectivity index (χ3n) is 3.40. The molecule has 1 aliphatic heterocycles. The Morgan fingerprint density at radius 2 is 2.30 bits per heavy atom. The van der Waals surface area contributed by atoms with Gasteiger partial charge in [-0.25, -0.2) is 4.39 Å². The number of nitro benzene ring substituents is 1. The first-order chi connectivity index (χ1) is 9.47. The van der Waals surface area contributed by atoms with Crippen LogP contribution in [0.25, 0.3) is 0 Å². The Morgan fingerprint density at radius 1 is 1.55 bits per heavy atom. The van der Waals surface area contributed by atoms with Crippen LogP contribution in [0.4, 0.5) is 15.8 Å². The summed E-state index contributed by atoms with van der Waals surface area (Å²) in [5.74, 6) is -0.634. The average Bonchev–Trinajstić information content (AvgIpc) is 2.41.